The molecule has 9 heteroatoms. The number of hydrogen-bond donors (Lipinski definition) is 2. The van der Waals surface area contributed by atoms with E-state index >= 15 is 0 Å². The van der Waals surface area contributed by atoms with Gasteiger partial charge >= 0.3 is 0 Å². The van der Waals surface area contributed by atoms with Crippen molar-refractivity contribution in [2.45, 2.75) is 36.8 Å². The van der Waals surface area contributed by atoms with Crippen molar-refractivity contribution in [3.8, 4) is 5.75 Å². The molecule has 0 spiro atoms. The Morgan fingerprint density at radius 2 is 1.71 bits per heavy atom. The lowest BCUT2D eigenvalue weighted by atomic mass is 9.44. The minimum Gasteiger partial charge on any atom is -0.484 e. The summed E-state index contributed by atoms with van der Waals surface area (Å²) in [5.41, 5.74) is 1.74. The fraction of sp³-hybridized carbons (Fsp3) is 0.440. The third-order valence-electron chi connectivity index (χ3n) is 6.30. The molecule has 2 aromatic rings. The van der Waals surface area contributed by atoms with E-state index in [4.69, 9.17) is 21.1 Å². The fourth-order valence-electron chi connectivity index (χ4n) is 4.78. The Morgan fingerprint density at radius 3 is 2.35 bits per heavy atom. The van der Waals surface area contributed by atoms with E-state index in [2.05, 4.69) is 16.7 Å². The van der Waals surface area contributed by atoms with Gasteiger partial charge in [-0.1, -0.05) is 23.7 Å². The first-order chi connectivity index (χ1) is 16.2. The molecule has 0 saturated heterocycles. The SMILES string of the molecule is CN(C)c1cccc(CCOCC(=O)NC23CC(NC(=O)COc4ccc(Cl)c(F)c4)(C2)C3)c1. The average molecular weight is 490 g/mol. The number of carbonyl (C=O) groups is 2. The Balaban J connectivity index is 1.11. The predicted octanol–water partition coefficient (Wildman–Crippen LogP) is 3.09. The van der Waals surface area contributed by atoms with Crippen molar-refractivity contribution in [3.05, 3.63) is 58.9 Å². The maximum Gasteiger partial charge on any atom is 0.258 e. The molecule has 182 valence electrons. The number of anilines is 1. The molecular formula is C25H29ClFN3O4. The third-order valence-corrected chi connectivity index (χ3v) is 6.60. The van der Waals surface area contributed by atoms with Crippen molar-refractivity contribution in [1.82, 2.24) is 10.6 Å². The van der Waals surface area contributed by atoms with Crippen molar-refractivity contribution in [3.63, 3.8) is 0 Å². The molecule has 2 amide bonds. The van der Waals surface area contributed by atoms with Crippen molar-refractivity contribution in [1.29, 1.82) is 0 Å². The number of nitrogens with zero attached hydrogens (tertiary/aromatic N) is 1. The minimum atomic E-state index is -0.598. The van der Waals surface area contributed by atoms with Crippen LogP contribution in [0.5, 0.6) is 5.75 Å². The second-order valence-electron chi connectivity index (χ2n) is 9.42. The minimum absolute atomic E-state index is 0.00166. The highest BCUT2D eigenvalue weighted by molar-refractivity contribution is 6.30. The summed E-state index contributed by atoms with van der Waals surface area (Å²) in [6.45, 7) is 0.266. The number of carbonyl (C=O) groups excluding carboxylic acids is 2. The maximum atomic E-state index is 13.5. The first-order valence-corrected chi connectivity index (χ1v) is 11.6. The van der Waals surface area contributed by atoms with Crippen molar-refractivity contribution >= 4 is 29.1 Å². The van der Waals surface area contributed by atoms with Crippen LogP contribution in [0.25, 0.3) is 0 Å². The number of nitrogens with one attached hydrogen (secondary N) is 2. The molecule has 0 aromatic heterocycles. The van der Waals surface area contributed by atoms with E-state index in [0.717, 1.165) is 23.7 Å². The molecule has 0 heterocycles. The first kappa shape index (κ1) is 24.3. The van der Waals surface area contributed by atoms with Gasteiger partial charge in [0.15, 0.2) is 6.61 Å². The molecule has 5 rings (SSSR count). The quantitative estimate of drug-likeness (QED) is 0.474. The first-order valence-electron chi connectivity index (χ1n) is 11.2. The zero-order valence-corrected chi connectivity index (χ0v) is 20.1. The van der Waals surface area contributed by atoms with E-state index in [-0.39, 0.29) is 46.9 Å². The van der Waals surface area contributed by atoms with Crippen LogP contribution >= 0.6 is 11.6 Å². The van der Waals surface area contributed by atoms with Gasteiger partial charge in [0.2, 0.25) is 5.91 Å². The fourth-order valence-corrected chi connectivity index (χ4v) is 4.89. The molecule has 34 heavy (non-hydrogen) atoms. The summed E-state index contributed by atoms with van der Waals surface area (Å²) in [4.78, 5) is 26.5. The van der Waals surface area contributed by atoms with Crippen LogP contribution < -0.4 is 20.3 Å². The van der Waals surface area contributed by atoms with Crippen LogP contribution in [0.15, 0.2) is 42.5 Å². The Morgan fingerprint density at radius 1 is 1.03 bits per heavy atom. The van der Waals surface area contributed by atoms with E-state index in [0.29, 0.717) is 25.9 Å². The van der Waals surface area contributed by atoms with Crippen LogP contribution in [-0.2, 0) is 20.7 Å². The number of benzene rings is 2. The number of amides is 2. The number of halogens is 2. The zero-order valence-electron chi connectivity index (χ0n) is 19.3. The van der Waals surface area contributed by atoms with Gasteiger partial charge in [-0.15, -0.1) is 0 Å². The molecule has 3 saturated carbocycles. The molecule has 0 atom stereocenters. The van der Waals surface area contributed by atoms with Crippen molar-refractivity contribution in [2.24, 2.45) is 0 Å². The monoisotopic (exact) mass is 489 g/mol. The molecule has 0 radical (unpaired) electrons. The lowest BCUT2D eigenvalue weighted by Crippen LogP contribution is -2.84. The summed E-state index contributed by atoms with van der Waals surface area (Å²) in [6, 6.07) is 12.2. The zero-order chi connectivity index (χ0) is 24.3. The Hall–Kier alpha value is -2.84. The van der Waals surface area contributed by atoms with Crippen molar-refractivity contribution in [2.75, 3.05) is 38.8 Å². The molecule has 3 aliphatic rings. The Bertz CT molecular complexity index is 1060. The standard InChI is InChI=1S/C25H29ClFN3O4/c1-30(2)18-5-3-4-17(10-18)8-9-33-12-22(31)28-24-14-25(15-24,16-24)29-23(32)13-34-19-6-7-20(26)21(27)11-19/h3-7,10-11H,8-9,12-16H2,1-2H3,(H,28,31)(H,29,32). The molecule has 0 unspecified atom stereocenters. The van der Waals surface area contributed by atoms with Crippen LogP contribution in [0.3, 0.4) is 0 Å². The third kappa shape index (κ3) is 5.62. The predicted molar refractivity (Wildman–Crippen MR) is 128 cm³/mol. The molecule has 2 aromatic carbocycles. The van der Waals surface area contributed by atoms with Crippen LogP contribution in [0.4, 0.5) is 10.1 Å². The second kappa shape index (κ2) is 9.80. The van der Waals surface area contributed by atoms with Gasteiger partial charge in [0.1, 0.15) is 18.2 Å². The maximum absolute atomic E-state index is 13.5. The number of hydrogen-bond acceptors (Lipinski definition) is 5. The topological polar surface area (TPSA) is 79.9 Å². The molecule has 3 fully saturated rings. The normalized spacial score (nSPS) is 22.2. The molecule has 3 aliphatic carbocycles. The van der Waals surface area contributed by atoms with Crippen LogP contribution in [0.1, 0.15) is 24.8 Å². The van der Waals surface area contributed by atoms with Gasteiger partial charge in [0.25, 0.3) is 5.91 Å². The van der Waals surface area contributed by atoms with E-state index < -0.39 is 5.82 Å². The van der Waals surface area contributed by atoms with Gasteiger partial charge in [0.05, 0.1) is 11.6 Å². The number of ether oxygens (including phenoxy) is 2. The lowest BCUT2D eigenvalue weighted by Gasteiger charge is -2.70. The van der Waals surface area contributed by atoms with Gasteiger partial charge in [-0.3, -0.25) is 9.59 Å². The largest absolute Gasteiger partial charge is 0.484 e. The molecular weight excluding hydrogens is 461 g/mol. The highest BCUT2D eigenvalue weighted by Crippen LogP contribution is 2.60. The summed E-state index contributed by atoms with van der Waals surface area (Å²) in [5.74, 6) is -0.783. The summed E-state index contributed by atoms with van der Waals surface area (Å²) in [6.07, 6.45) is 2.79. The number of rotatable bonds is 11. The van der Waals surface area contributed by atoms with E-state index in [1.165, 1.54) is 12.1 Å². The summed E-state index contributed by atoms with van der Waals surface area (Å²) in [5, 5.41) is 6.01. The van der Waals surface area contributed by atoms with Gasteiger partial charge < -0.3 is 25.0 Å². The molecule has 7 nitrogen and oxygen atoms in total. The molecule has 2 bridgehead atoms. The lowest BCUT2D eigenvalue weighted by molar-refractivity contribution is -0.152. The highest BCUT2D eigenvalue weighted by Gasteiger charge is 2.69. The summed E-state index contributed by atoms with van der Waals surface area (Å²) < 4.78 is 24.3. The highest BCUT2D eigenvalue weighted by atomic mass is 35.5. The van der Waals surface area contributed by atoms with E-state index in [1.807, 2.05) is 37.2 Å². The van der Waals surface area contributed by atoms with Gasteiger partial charge in [0, 0.05) is 36.9 Å². The smallest absolute Gasteiger partial charge is 0.258 e. The average Bonchev–Trinajstić information content (AvgIpc) is 2.75. The van der Waals surface area contributed by atoms with E-state index in [1.54, 1.807) is 0 Å². The second-order valence-corrected chi connectivity index (χ2v) is 9.83. The summed E-state index contributed by atoms with van der Waals surface area (Å²) >= 11 is 5.64. The summed E-state index contributed by atoms with van der Waals surface area (Å²) in [7, 11) is 4.00. The molecule has 0 aliphatic heterocycles. The van der Waals surface area contributed by atoms with Crippen LogP contribution in [0.2, 0.25) is 5.02 Å². The van der Waals surface area contributed by atoms with Gasteiger partial charge in [-0.25, -0.2) is 4.39 Å². The van der Waals surface area contributed by atoms with Crippen molar-refractivity contribution < 1.29 is 23.5 Å². The van der Waals surface area contributed by atoms with E-state index in [9.17, 15) is 14.0 Å². The molecule has 2 N–H and O–H groups in total. The van der Waals surface area contributed by atoms with Gasteiger partial charge in [-0.2, -0.15) is 0 Å². The van der Waals surface area contributed by atoms with Crippen LogP contribution in [0, 0.1) is 5.82 Å². The Labute approximate surface area is 203 Å². The van der Waals surface area contributed by atoms with Crippen LogP contribution in [-0.4, -0.2) is 56.8 Å². The Kier molecular flexibility index (Phi) is 7.00. The van der Waals surface area contributed by atoms with Gasteiger partial charge in [-0.05, 0) is 55.5 Å².